The second kappa shape index (κ2) is 8.31. The van der Waals surface area contributed by atoms with Gasteiger partial charge in [-0.2, -0.15) is 5.10 Å². The molecule has 1 heterocycles. The Bertz CT molecular complexity index is 934. The fraction of sp³-hybridized carbons (Fsp3) is 0.190. The van der Waals surface area contributed by atoms with Gasteiger partial charge in [0.25, 0.3) is 5.91 Å². The molecule has 1 aromatic heterocycles. The molecule has 6 nitrogen and oxygen atoms in total. The summed E-state index contributed by atoms with van der Waals surface area (Å²) in [6.07, 6.45) is 3.38. The number of carbonyl (C=O) groups excluding carboxylic acids is 2. The fourth-order valence-corrected chi connectivity index (χ4v) is 2.87. The number of primary amides is 1. The van der Waals surface area contributed by atoms with E-state index in [0.717, 1.165) is 16.8 Å². The third-order valence-corrected chi connectivity index (χ3v) is 4.32. The molecule has 0 aliphatic rings. The molecule has 0 bridgehead atoms. The molecular formula is C21H22N4O2. The Morgan fingerprint density at radius 1 is 1.07 bits per heavy atom. The summed E-state index contributed by atoms with van der Waals surface area (Å²) in [5.74, 6) is -0.614. The molecule has 2 aromatic carbocycles. The second-order valence-electron chi connectivity index (χ2n) is 6.39. The van der Waals surface area contributed by atoms with Crippen molar-refractivity contribution < 1.29 is 9.59 Å². The highest BCUT2D eigenvalue weighted by atomic mass is 16.2. The standard InChI is InChI=1S/C21H22N4O2/c1-16-7-5-6-10-19(16)25-15-18(13-23-25)21(27)24(12-11-20(22)26)14-17-8-3-2-4-9-17/h2-10,13,15H,11-12,14H2,1H3,(H2,22,26). The molecule has 0 unspecified atom stereocenters. The van der Waals surface area contributed by atoms with Crippen LogP contribution in [0.3, 0.4) is 0 Å². The van der Waals surface area contributed by atoms with Crippen LogP contribution in [0.5, 0.6) is 0 Å². The van der Waals surface area contributed by atoms with E-state index < -0.39 is 5.91 Å². The lowest BCUT2D eigenvalue weighted by Gasteiger charge is -2.21. The smallest absolute Gasteiger partial charge is 0.257 e. The number of amides is 2. The molecule has 3 aromatic rings. The van der Waals surface area contributed by atoms with Crippen molar-refractivity contribution in [2.45, 2.75) is 19.9 Å². The minimum atomic E-state index is -0.434. The van der Waals surface area contributed by atoms with Crippen molar-refractivity contribution >= 4 is 11.8 Å². The van der Waals surface area contributed by atoms with Gasteiger partial charge in [-0.3, -0.25) is 9.59 Å². The van der Waals surface area contributed by atoms with Crippen LogP contribution < -0.4 is 5.73 Å². The number of rotatable bonds is 7. The van der Waals surface area contributed by atoms with Crippen molar-refractivity contribution in [3.8, 4) is 5.69 Å². The maximum Gasteiger partial charge on any atom is 0.257 e. The second-order valence-corrected chi connectivity index (χ2v) is 6.39. The van der Waals surface area contributed by atoms with E-state index in [1.54, 1.807) is 22.0 Å². The van der Waals surface area contributed by atoms with Crippen LogP contribution in [0.4, 0.5) is 0 Å². The van der Waals surface area contributed by atoms with Crippen LogP contribution in [0.25, 0.3) is 5.69 Å². The number of benzene rings is 2. The number of aryl methyl sites for hydroxylation is 1. The molecule has 0 radical (unpaired) electrons. The minimum Gasteiger partial charge on any atom is -0.370 e. The number of hydrogen-bond donors (Lipinski definition) is 1. The summed E-state index contributed by atoms with van der Waals surface area (Å²) in [4.78, 5) is 25.8. The van der Waals surface area contributed by atoms with Crippen molar-refractivity contribution in [2.24, 2.45) is 5.73 Å². The Hall–Kier alpha value is -3.41. The van der Waals surface area contributed by atoms with Gasteiger partial charge in [-0.05, 0) is 24.1 Å². The van der Waals surface area contributed by atoms with Crippen LogP contribution in [0.2, 0.25) is 0 Å². The van der Waals surface area contributed by atoms with E-state index in [-0.39, 0.29) is 18.9 Å². The lowest BCUT2D eigenvalue weighted by atomic mass is 10.2. The maximum atomic E-state index is 13.0. The van der Waals surface area contributed by atoms with Crippen LogP contribution in [-0.4, -0.2) is 33.0 Å². The van der Waals surface area contributed by atoms with Gasteiger partial charge in [-0.25, -0.2) is 4.68 Å². The normalized spacial score (nSPS) is 10.6. The molecule has 0 aliphatic heterocycles. The lowest BCUT2D eigenvalue weighted by Crippen LogP contribution is -2.33. The van der Waals surface area contributed by atoms with Crippen molar-refractivity contribution in [3.63, 3.8) is 0 Å². The number of hydrogen-bond acceptors (Lipinski definition) is 3. The number of carbonyl (C=O) groups is 2. The molecular weight excluding hydrogens is 340 g/mol. The fourth-order valence-electron chi connectivity index (χ4n) is 2.87. The van der Waals surface area contributed by atoms with E-state index in [4.69, 9.17) is 5.73 Å². The van der Waals surface area contributed by atoms with E-state index in [0.29, 0.717) is 12.1 Å². The van der Waals surface area contributed by atoms with Gasteiger partial charge in [0.15, 0.2) is 0 Å². The topological polar surface area (TPSA) is 81.2 Å². The van der Waals surface area contributed by atoms with E-state index in [2.05, 4.69) is 5.10 Å². The molecule has 0 atom stereocenters. The van der Waals surface area contributed by atoms with Gasteiger partial charge in [0.1, 0.15) is 0 Å². The monoisotopic (exact) mass is 362 g/mol. The van der Waals surface area contributed by atoms with Crippen LogP contribution in [0, 0.1) is 6.92 Å². The molecule has 0 saturated carbocycles. The Labute approximate surface area is 158 Å². The summed E-state index contributed by atoms with van der Waals surface area (Å²) in [7, 11) is 0. The van der Waals surface area contributed by atoms with E-state index in [1.807, 2.05) is 61.5 Å². The largest absolute Gasteiger partial charge is 0.370 e. The highest BCUT2D eigenvalue weighted by molar-refractivity contribution is 5.94. The predicted molar refractivity (Wildman–Crippen MR) is 103 cm³/mol. The van der Waals surface area contributed by atoms with Gasteiger partial charge in [0, 0.05) is 25.7 Å². The van der Waals surface area contributed by atoms with Crippen LogP contribution >= 0.6 is 0 Å². The zero-order chi connectivity index (χ0) is 19.2. The van der Waals surface area contributed by atoms with Gasteiger partial charge >= 0.3 is 0 Å². The van der Waals surface area contributed by atoms with Gasteiger partial charge < -0.3 is 10.6 Å². The van der Waals surface area contributed by atoms with E-state index in [1.165, 1.54) is 0 Å². The molecule has 2 amide bonds. The number of aromatic nitrogens is 2. The van der Waals surface area contributed by atoms with Crippen LogP contribution in [0.15, 0.2) is 67.0 Å². The summed E-state index contributed by atoms with van der Waals surface area (Å²) >= 11 is 0. The third kappa shape index (κ3) is 4.61. The van der Waals surface area contributed by atoms with Gasteiger partial charge in [0.2, 0.25) is 5.91 Å². The Kier molecular flexibility index (Phi) is 5.66. The Morgan fingerprint density at radius 3 is 2.48 bits per heavy atom. The van der Waals surface area contributed by atoms with Crippen LogP contribution in [0.1, 0.15) is 27.9 Å². The summed E-state index contributed by atoms with van der Waals surface area (Å²) in [5.41, 5.74) is 8.72. The first-order valence-electron chi connectivity index (χ1n) is 8.77. The zero-order valence-corrected chi connectivity index (χ0v) is 15.2. The quantitative estimate of drug-likeness (QED) is 0.702. The minimum absolute atomic E-state index is 0.116. The summed E-state index contributed by atoms with van der Waals surface area (Å²) in [6.45, 7) is 2.66. The first-order chi connectivity index (χ1) is 13.0. The maximum absolute atomic E-state index is 13.0. The van der Waals surface area contributed by atoms with E-state index in [9.17, 15) is 9.59 Å². The molecule has 27 heavy (non-hydrogen) atoms. The van der Waals surface area contributed by atoms with Crippen molar-refractivity contribution in [1.82, 2.24) is 14.7 Å². The van der Waals surface area contributed by atoms with Crippen molar-refractivity contribution in [1.29, 1.82) is 0 Å². The summed E-state index contributed by atoms with van der Waals surface area (Å²) < 4.78 is 1.69. The molecule has 138 valence electrons. The van der Waals surface area contributed by atoms with Crippen LogP contribution in [-0.2, 0) is 11.3 Å². The highest BCUT2D eigenvalue weighted by Crippen LogP contribution is 2.15. The van der Waals surface area contributed by atoms with Crippen molar-refractivity contribution in [3.05, 3.63) is 83.7 Å². The molecule has 3 rings (SSSR count). The molecule has 6 heteroatoms. The van der Waals surface area contributed by atoms with Gasteiger partial charge in [-0.15, -0.1) is 0 Å². The predicted octanol–water partition coefficient (Wildman–Crippen LogP) is 2.70. The number of nitrogens with two attached hydrogens (primary N) is 1. The number of para-hydroxylation sites is 1. The Balaban J connectivity index is 1.83. The SMILES string of the molecule is Cc1ccccc1-n1cc(C(=O)N(CCC(N)=O)Cc2ccccc2)cn1. The van der Waals surface area contributed by atoms with Gasteiger partial charge in [0.05, 0.1) is 17.4 Å². The first kappa shape index (κ1) is 18.4. The summed E-state index contributed by atoms with van der Waals surface area (Å²) in [5, 5.41) is 4.33. The third-order valence-electron chi connectivity index (χ3n) is 4.32. The van der Waals surface area contributed by atoms with Gasteiger partial charge in [-0.1, -0.05) is 48.5 Å². The Morgan fingerprint density at radius 2 is 1.78 bits per heavy atom. The molecule has 2 N–H and O–H groups in total. The average Bonchev–Trinajstić information content (AvgIpc) is 3.15. The van der Waals surface area contributed by atoms with E-state index >= 15 is 0 Å². The first-order valence-corrected chi connectivity index (χ1v) is 8.77. The molecule has 0 saturated heterocycles. The zero-order valence-electron chi connectivity index (χ0n) is 15.2. The molecule has 0 spiro atoms. The lowest BCUT2D eigenvalue weighted by molar-refractivity contribution is -0.118. The highest BCUT2D eigenvalue weighted by Gasteiger charge is 2.19. The number of nitrogens with zero attached hydrogens (tertiary/aromatic N) is 3. The van der Waals surface area contributed by atoms with Crippen molar-refractivity contribution in [2.75, 3.05) is 6.54 Å². The molecule has 0 aliphatic carbocycles. The molecule has 0 fully saturated rings. The average molecular weight is 362 g/mol. The summed E-state index contributed by atoms with van der Waals surface area (Å²) in [6, 6.07) is 17.5.